The predicted molar refractivity (Wildman–Crippen MR) is 54.5 cm³/mol. The van der Waals surface area contributed by atoms with Crippen LogP contribution in [0.4, 0.5) is 13.2 Å². The highest BCUT2D eigenvalue weighted by Gasteiger charge is 2.33. The molecular weight excluding hydrogens is 311 g/mol. The van der Waals surface area contributed by atoms with Crippen LogP contribution >= 0.6 is 33.9 Å². The third-order valence-electron chi connectivity index (χ3n) is 1.57. The van der Waals surface area contributed by atoms with Crippen LogP contribution in [0.3, 0.4) is 0 Å². The monoisotopic (exact) mass is 312 g/mol. The van der Waals surface area contributed by atoms with Crippen molar-refractivity contribution in [3.63, 3.8) is 0 Å². The van der Waals surface area contributed by atoms with Gasteiger partial charge in [0, 0.05) is 10.7 Å². The summed E-state index contributed by atoms with van der Waals surface area (Å²) in [5.74, 6) is 0. The van der Waals surface area contributed by atoms with Crippen molar-refractivity contribution in [2.45, 2.75) is 11.1 Å². The zero-order valence-electron chi connectivity index (χ0n) is 7.15. The molecule has 0 aromatic heterocycles. The first-order valence-corrected chi connectivity index (χ1v) is 6.61. The minimum atomic E-state index is -4.66. The van der Waals surface area contributed by atoms with Gasteiger partial charge in [0.05, 0.1) is 15.6 Å². The molecule has 0 atom stereocenters. The summed E-state index contributed by atoms with van der Waals surface area (Å²) in [6.45, 7) is 0. The van der Waals surface area contributed by atoms with E-state index in [1.807, 2.05) is 0 Å². The molecule has 0 saturated carbocycles. The number of alkyl halides is 3. The van der Waals surface area contributed by atoms with Gasteiger partial charge in [-0.2, -0.15) is 13.2 Å². The van der Waals surface area contributed by atoms with Crippen LogP contribution in [-0.2, 0) is 15.2 Å². The lowest BCUT2D eigenvalue weighted by Gasteiger charge is -2.10. The number of hydrogen-bond donors (Lipinski definition) is 0. The molecular formula is C7H2Cl3F3O2S. The van der Waals surface area contributed by atoms with E-state index in [1.165, 1.54) is 0 Å². The largest absolute Gasteiger partial charge is 0.416 e. The molecule has 0 saturated heterocycles. The molecule has 0 amide bonds. The van der Waals surface area contributed by atoms with Crippen LogP contribution in [0.5, 0.6) is 0 Å². The first-order chi connectivity index (χ1) is 7.03. The van der Waals surface area contributed by atoms with Crippen LogP contribution in [-0.4, -0.2) is 8.42 Å². The van der Waals surface area contributed by atoms with Crippen LogP contribution < -0.4 is 0 Å². The number of rotatable bonds is 1. The third-order valence-corrected chi connectivity index (χ3v) is 3.78. The van der Waals surface area contributed by atoms with Gasteiger partial charge < -0.3 is 0 Å². The Labute approximate surface area is 103 Å². The van der Waals surface area contributed by atoms with E-state index in [9.17, 15) is 21.6 Å². The fourth-order valence-corrected chi connectivity index (χ4v) is 3.37. The maximum absolute atomic E-state index is 12.3. The molecule has 2 nitrogen and oxygen atoms in total. The Morgan fingerprint density at radius 2 is 1.44 bits per heavy atom. The number of halogens is 6. The Morgan fingerprint density at radius 1 is 1.06 bits per heavy atom. The molecule has 0 heterocycles. The Balaban J connectivity index is 3.53. The maximum Gasteiger partial charge on any atom is 0.416 e. The maximum atomic E-state index is 12.3. The van der Waals surface area contributed by atoms with E-state index >= 15 is 0 Å². The molecule has 90 valence electrons. The summed E-state index contributed by atoms with van der Waals surface area (Å²) in [6, 6.07) is 0.894. The molecule has 0 aliphatic heterocycles. The smallest absolute Gasteiger partial charge is 0.207 e. The van der Waals surface area contributed by atoms with Crippen molar-refractivity contribution in [3.05, 3.63) is 27.7 Å². The highest BCUT2D eigenvalue weighted by atomic mass is 35.7. The van der Waals surface area contributed by atoms with Gasteiger partial charge in [0.25, 0.3) is 9.05 Å². The van der Waals surface area contributed by atoms with E-state index in [0.717, 1.165) is 0 Å². The van der Waals surface area contributed by atoms with Gasteiger partial charge in [-0.25, -0.2) is 8.42 Å². The minimum absolute atomic E-state index is 0.447. The standard InChI is InChI=1S/C7H2Cl3F3O2S/c8-4-1-3(7(11,12)13)2-5(9)6(4)16(10,14)15/h1-2H. The van der Waals surface area contributed by atoms with E-state index in [-0.39, 0.29) is 0 Å². The van der Waals surface area contributed by atoms with Gasteiger partial charge in [0.1, 0.15) is 4.90 Å². The van der Waals surface area contributed by atoms with Crippen molar-refractivity contribution in [2.75, 3.05) is 0 Å². The molecule has 1 aromatic rings. The van der Waals surface area contributed by atoms with Crippen molar-refractivity contribution in [1.82, 2.24) is 0 Å². The van der Waals surface area contributed by atoms with Gasteiger partial charge in [-0.1, -0.05) is 23.2 Å². The Hall–Kier alpha value is -0.170. The van der Waals surface area contributed by atoms with E-state index < -0.39 is 35.7 Å². The Kier molecular flexibility index (Phi) is 3.69. The molecule has 9 heteroatoms. The topological polar surface area (TPSA) is 34.1 Å². The van der Waals surface area contributed by atoms with Gasteiger partial charge in [-0.15, -0.1) is 0 Å². The van der Waals surface area contributed by atoms with E-state index in [1.54, 1.807) is 0 Å². The average Bonchev–Trinajstić information content (AvgIpc) is 1.97. The number of benzene rings is 1. The van der Waals surface area contributed by atoms with Crippen LogP contribution in [0.2, 0.25) is 10.0 Å². The van der Waals surface area contributed by atoms with Gasteiger partial charge in [-0.3, -0.25) is 0 Å². The second-order valence-corrected chi connectivity index (χ2v) is 6.02. The highest BCUT2D eigenvalue weighted by Crippen LogP contribution is 2.38. The molecule has 0 N–H and O–H groups in total. The average molecular weight is 314 g/mol. The summed E-state index contributed by atoms with van der Waals surface area (Å²) in [5, 5.41) is -1.34. The van der Waals surface area contributed by atoms with Crippen molar-refractivity contribution in [3.8, 4) is 0 Å². The highest BCUT2D eigenvalue weighted by molar-refractivity contribution is 8.14. The van der Waals surface area contributed by atoms with E-state index in [2.05, 4.69) is 0 Å². The Morgan fingerprint density at radius 3 is 1.69 bits per heavy atom. The van der Waals surface area contributed by atoms with Crippen molar-refractivity contribution >= 4 is 42.9 Å². The molecule has 0 spiro atoms. The normalized spacial score (nSPS) is 12.9. The Bertz CT molecular complexity index is 501. The molecule has 0 aliphatic carbocycles. The SMILES string of the molecule is O=S(=O)(Cl)c1c(Cl)cc(C(F)(F)F)cc1Cl. The van der Waals surface area contributed by atoms with Crippen LogP contribution in [0.1, 0.15) is 5.56 Å². The third kappa shape index (κ3) is 2.94. The predicted octanol–water partition coefficient (Wildman–Crippen LogP) is 3.94. The molecule has 0 unspecified atom stereocenters. The second kappa shape index (κ2) is 4.25. The lowest BCUT2D eigenvalue weighted by molar-refractivity contribution is -0.137. The molecule has 0 radical (unpaired) electrons. The van der Waals surface area contributed by atoms with E-state index in [0.29, 0.717) is 12.1 Å². The molecule has 1 aromatic carbocycles. The molecule has 1 rings (SSSR count). The van der Waals surface area contributed by atoms with Crippen LogP contribution in [0.15, 0.2) is 17.0 Å². The van der Waals surface area contributed by atoms with E-state index in [4.69, 9.17) is 33.9 Å². The molecule has 0 bridgehead atoms. The van der Waals surface area contributed by atoms with Crippen molar-refractivity contribution < 1.29 is 21.6 Å². The second-order valence-electron chi connectivity index (χ2n) is 2.70. The first-order valence-electron chi connectivity index (χ1n) is 3.54. The fourth-order valence-electron chi connectivity index (χ4n) is 0.956. The lowest BCUT2D eigenvalue weighted by Crippen LogP contribution is -2.06. The van der Waals surface area contributed by atoms with Gasteiger partial charge in [0.2, 0.25) is 0 Å². The zero-order chi connectivity index (χ0) is 12.7. The molecule has 0 aliphatic rings. The first kappa shape index (κ1) is 13.9. The van der Waals surface area contributed by atoms with Gasteiger partial charge >= 0.3 is 6.18 Å². The minimum Gasteiger partial charge on any atom is -0.207 e. The summed E-state index contributed by atoms with van der Waals surface area (Å²) in [6.07, 6.45) is -4.66. The summed E-state index contributed by atoms with van der Waals surface area (Å²) in [4.78, 5) is -0.731. The molecule has 0 fully saturated rings. The number of hydrogen-bond acceptors (Lipinski definition) is 2. The summed E-state index contributed by atoms with van der Waals surface area (Å²) >= 11 is 10.8. The van der Waals surface area contributed by atoms with Crippen molar-refractivity contribution in [2.24, 2.45) is 0 Å². The summed E-state index contributed by atoms with van der Waals surface area (Å²) in [7, 11) is 0.672. The summed E-state index contributed by atoms with van der Waals surface area (Å²) in [5.41, 5.74) is -1.15. The molecule has 16 heavy (non-hydrogen) atoms. The van der Waals surface area contributed by atoms with Crippen molar-refractivity contribution in [1.29, 1.82) is 0 Å². The van der Waals surface area contributed by atoms with Gasteiger partial charge in [0.15, 0.2) is 0 Å². The van der Waals surface area contributed by atoms with Gasteiger partial charge in [-0.05, 0) is 12.1 Å². The van der Waals surface area contributed by atoms with Crippen LogP contribution in [0.25, 0.3) is 0 Å². The lowest BCUT2D eigenvalue weighted by atomic mass is 10.2. The van der Waals surface area contributed by atoms with Crippen LogP contribution in [0, 0.1) is 0 Å². The zero-order valence-corrected chi connectivity index (χ0v) is 10.2. The summed E-state index contributed by atoms with van der Waals surface area (Å²) < 4.78 is 58.7. The fraction of sp³-hybridized carbons (Fsp3) is 0.143. The quantitative estimate of drug-likeness (QED) is 0.736.